The molecule has 13 heavy (non-hydrogen) atoms. The lowest BCUT2D eigenvalue weighted by Crippen LogP contribution is -2.24. The van der Waals surface area contributed by atoms with Gasteiger partial charge in [-0.25, -0.2) is 0 Å². The van der Waals surface area contributed by atoms with E-state index in [0.717, 1.165) is 38.8 Å². The van der Waals surface area contributed by atoms with Crippen LogP contribution in [-0.4, -0.2) is 24.9 Å². The first-order valence-electron chi connectivity index (χ1n) is 4.84. The van der Waals surface area contributed by atoms with Crippen molar-refractivity contribution in [2.75, 3.05) is 19.0 Å². The minimum atomic E-state index is 0.0498. The number of unbranched alkanes of at least 4 members (excludes halogenated alkanes) is 3. The van der Waals surface area contributed by atoms with Crippen LogP contribution in [0.3, 0.4) is 0 Å². The van der Waals surface area contributed by atoms with Crippen LogP contribution in [0.1, 0.15) is 32.1 Å². The molecule has 0 heterocycles. The van der Waals surface area contributed by atoms with Crippen molar-refractivity contribution in [3.05, 3.63) is 0 Å². The zero-order chi connectivity index (χ0) is 9.94. The molecule has 3 N–H and O–H groups in total. The lowest BCUT2D eigenvalue weighted by atomic mass is 10.2. The van der Waals surface area contributed by atoms with E-state index < -0.39 is 0 Å². The number of hydrogen-bond donors (Lipinski definition) is 2. The van der Waals surface area contributed by atoms with E-state index in [1.165, 1.54) is 0 Å². The Labute approximate surface area is 85.0 Å². The predicted molar refractivity (Wildman–Crippen MR) is 55.9 cm³/mol. The number of rotatable bonds is 8. The molecule has 0 aromatic rings. The van der Waals surface area contributed by atoms with Crippen LogP contribution in [0, 0.1) is 0 Å². The van der Waals surface area contributed by atoms with Crippen LogP contribution in [0.25, 0.3) is 0 Å². The number of nitrogens with two attached hydrogens (primary N) is 1. The Morgan fingerprint density at radius 1 is 1.23 bits per heavy atom. The molecule has 0 aromatic carbocycles. The van der Waals surface area contributed by atoms with Gasteiger partial charge in [0, 0.05) is 18.8 Å². The third-order valence-corrected chi connectivity index (χ3v) is 1.96. The SMILES string of the molecule is NCCCCCCNC(=O)CCCl. The van der Waals surface area contributed by atoms with Crippen LogP contribution >= 0.6 is 11.6 Å². The smallest absolute Gasteiger partial charge is 0.221 e. The normalized spacial score (nSPS) is 10.0. The highest BCUT2D eigenvalue weighted by Gasteiger charge is 1.97. The Balaban J connectivity index is 3.02. The average molecular weight is 207 g/mol. The van der Waals surface area contributed by atoms with Gasteiger partial charge in [0.15, 0.2) is 0 Å². The molecule has 0 atom stereocenters. The summed E-state index contributed by atoms with van der Waals surface area (Å²) < 4.78 is 0. The van der Waals surface area contributed by atoms with Crippen molar-refractivity contribution in [2.45, 2.75) is 32.1 Å². The molecule has 0 saturated heterocycles. The fourth-order valence-corrected chi connectivity index (χ4v) is 1.20. The molecule has 0 bridgehead atoms. The van der Waals surface area contributed by atoms with E-state index >= 15 is 0 Å². The second kappa shape index (κ2) is 9.81. The molecule has 0 rings (SSSR count). The van der Waals surface area contributed by atoms with Crippen molar-refractivity contribution in [3.8, 4) is 0 Å². The predicted octanol–water partition coefficient (Wildman–Crippen LogP) is 1.25. The molecule has 4 heteroatoms. The number of carbonyl (C=O) groups is 1. The van der Waals surface area contributed by atoms with Gasteiger partial charge >= 0.3 is 0 Å². The molecule has 0 aliphatic rings. The van der Waals surface area contributed by atoms with E-state index in [1.807, 2.05) is 0 Å². The van der Waals surface area contributed by atoms with Gasteiger partial charge in [-0.2, -0.15) is 0 Å². The van der Waals surface area contributed by atoms with E-state index in [1.54, 1.807) is 0 Å². The van der Waals surface area contributed by atoms with E-state index in [0.29, 0.717) is 12.3 Å². The van der Waals surface area contributed by atoms with Crippen molar-refractivity contribution in [2.24, 2.45) is 5.73 Å². The van der Waals surface area contributed by atoms with Gasteiger partial charge in [0.2, 0.25) is 5.91 Å². The van der Waals surface area contributed by atoms with Crippen LogP contribution in [0.2, 0.25) is 0 Å². The van der Waals surface area contributed by atoms with Gasteiger partial charge in [-0.1, -0.05) is 12.8 Å². The van der Waals surface area contributed by atoms with Crippen LogP contribution < -0.4 is 11.1 Å². The summed E-state index contributed by atoms with van der Waals surface area (Å²) in [5.74, 6) is 0.452. The minimum absolute atomic E-state index is 0.0498. The standard InChI is InChI=1S/C9H19ClN2O/c10-6-5-9(13)12-8-4-2-1-3-7-11/h1-8,11H2,(H,12,13). The zero-order valence-electron chi connectivity index (χ0n) is 8.02. The molecule has 78 valence electrons. The lowest BCUT2D eigenvalue weighted by Gasteiger charge is -2.03. The summed E-state index contributed by atoms with van der Waals surface area (Å²) in [5, 5.41) is 2.81. The molecule has 0 spiro atoms. The van der Waals surface area contributed by atoms with Gasteiger partial charge in [0.25, 0.3) is 0 Å². The fraction of sp³-hybridized carbons (Fsp3) is 0.889. The summed E-state index contributed by atoms with van der Waals surface area (Å²) in [4.78, 5) is 10.9. The maximum absolute atomic E-state index is 10.9. The Morgan fingerprint density at radius 3 is 2.54 bits per heavy atom. The third kappa shape index (κ3) is 9.64. The Kier molecular flexibility index (Phi) is 9.59. The van der Waals surface area contributed by atoms with Crippen molar-refractivity contribution < 1.29 is 4.79 Å². The van der Waals surface area contributed by atoms with E-state index in [2.05, 4.69) is 5.32 Å². The first-order chi connectivity index (χ1) is 6.31. The molecule has 0 radical (unpaired) electrons. The van der Waals surface area contributed by atoms with Crippen LogP contribution in [0.5, 0.6) is 0 Å². The summed E-state index contributed by atoms with van der Waals surface area (Å²) in [6.45, 7) is 1.53. The highest BCUT2D eigenvalue weighted by Crippen LogP contribution is 1.97. The molecule has 1 amide bonds. The molecule has 0 fully saturated rings. The van der Waals surface area contributed by atoms with Gasteiger partial charge in [-0.3, -0.25) is 4.79 Å². The van der Waals surface area contributed by atoms with Crippen molar-refractivity contribution in [1.82, 2.24) is 5.32 Å². The second-order valence-corrected chi connectivity index (χ2v) is 3.37. The third-order valence-electron chi connectivity index (χ3n) is 1.77. The summed E-state index contributed by atoms with van der Waals surface area (Å²) in [7, 11) is 0. The maximum Gasteiger partial charge on any atom is 0.221 e. The summed E-state index contributed by atoms with van der Waals surface area (Å²) in [5.41, 5.74) is 5.35. The highest BCUT2D eigenvalue weighted by atomic mass is 35.5. The number of alkyl halides is 1. The number of amides is 1. The van der Waals surface area contributed by atoms with Crippen molar-refractivity contribution >= 4 is 17.5 Å². The van der Waals surface area contributed by atoms with Gasteiger partial charge in [0.05, 0.1) is 0 Å². The Hall–Kier alpha value is -0.280. The largest absolute Gasteiger partial charge is 0.356 e. The van der Waals surface area contributed by atoms with Crippen LogP contribution in [0.15, 0.2) is 0 Å². The number of carbonyl (C=O) groups excluding carboxylic acids is 1. The topological polar surface area (TPSA) is 55.1 Å². The Morgan fingerprint density at radius 2 is 1.92 bits per heavy atom. The lowest BCUT2D eigenvalue weighted by molar-refractivity contribution is -0.120. The number of hydrogen-bond acceptors (Lipinski definition) is 2. The van der Waals surface area contributed by atoms with Gasteiger partial charge in [-0.15, -0.1) is 11.6 Å². The quantitative estimate of drug-likeness (QED) is 0.464. The first kappa shape index (κ1) is 12.7. The Bertz CT molecular complexity index is 131. The molecule has 0 unspecified atom stereocenters. The minimum Gasteiger partial charge on any atom is -0.356 e. The molecule has 3 nitrogen and oxygen atoms in total. The van der Waals surface area contributed by atoms with Crippen molar-refractivity contribution in [3.63, 3.8) is 0 Å². The number of nitrogens with one attached hydrogen (secondary N) is 1. The molecule has 0 aliphatic carbocycles. The summed E-state index contributed by atoms with van der Waals surface area (Å²) in [6, 6.07) is 0. The maximum atomic E-state index is 10.9. The number of halogens is 1. The molecule has 0 aliphatic heterocycles. The molecule has 0 saturated carbocycles. The molecule has 0 aromatic heterocycles. The van der Waals surface area contributed by atoms with E-state index in [-0.39, 0.29) is 5.91 Å². The first-order valence-corrected chi connectivity index (χ1v) is 5.37. The van der Waals surface area contributed by atoms with Gasteiger partial charge < -0.3 is 11.1 Å². The second-order valence-electron chi connectivity index (χ2n) is 2.99. The van der Waals surface area contributed by atoms with E-state index in [9.17, 15) is 4.79 Å². The fourth-order valence-electron chi connectivity index (χ4n) is 1.02. The van der Waals surface area contributed by atoms with Crippen molar-refractivity contribution in [1.29, 1.82) is 0 Å². The molecular formula is C9H19ClN2O. The van der Waals surface area contributed by atoms with Crippen LogP contribution in [0.4, 0.5) is 0 Å². The highest BCUT2D eigenvalue weighted by molar-refractivity contribution is 6.18. The molecular weight excluding hydrogens is 188 g/mol. The van der Waals surface area contributed by atoms with Gasteiger partial charge in [0.1, 0.15) is 0 Å². The zero-order valence-corrected chi connectivity index (χ0v) is 8.78. The van der Waals surface area contributed by atoms with Gasteiger partial charge in [-0.05, 0) is 19.4 Å². The average Bonchev–Trinajstić information content (AvgIpc) is 2.11. The van der Waals surface area contributed by atoms with E-state index in [4.69, 9.17) is 17.3 Å². The van der Waals surface area contributed by atoms with Crippen LogP contribution in [-0.2, 0) is 4.79 Å². The monoisotopic (exact) mass is 206 g/mol. The summed E-state index contributed by atoms with van der Waals surface area (Å²) in [6.07, 6.45) is 4.83. The summed E-state index contributed by atoms with van der Waals surface area (Å²) >= 11 is 5.40.